The van der Waals surface area contributed by atoms with E-state index in [1.165, 1.54) is 19.5 Å². The number of hydrogen-bond donors (Lipinski definition) is 1. The maximum absolute atomic E-state index is 4.66. The third-order valence-corrected chi connectivity index (χ3v) is 4.29. The summed E-state index contributed by atoms with van der Waals surface area (Å²) in [5.41, 5.74) is 0. The molecule has 1 N–H and O–H groups in total. The van der Waals surface area contributed by atoms with E-state index >= 15 is 0 Å². The maximum atomic E-state index is 4.66. The number of anilines is 1. The standard InChI is InChI=1S/C13H18N4S/c1-9-3-5-17(7-9)8-11-15-12(14-2)10-4-6-18-13(10)16-11/h4,6,9H,3,5,7-8H2,1-2H3,(H,14,15,16). The van der Waals surface area contributed by atoms with Crippen LogP contribution in [-0.4, -0.2) is 35.0 Å². The molecule has 1 aliphatic heterocycles. The lowest BCUT2D eigenvalue weighted by Crippen LogP contribution is -2.21. The molecule has 3 heterocycles. The Hall–Kier alpha value is -1.20. The molecule has 0 radical (unpaired) electrons. The number of thiophene rings is 1. The highest BCUT2D eigenvalue weighted by molar-refractivity contribution is 7.16. The van der Waals surface area contributed by atoms with Crippen molar-refractivity contribution in [2.24, 2.45) is 5.92 Å². The van der Waals surface area contributed by atoms with Gasteiger partial charge in [0, 0.05) is 13.6 Å². The van der Waals surface area contributed by atoms with E-state index in [9.17, 15) is 0 Å². The molecule has 18 heavy (non-hydrogen) atoms. The molecule has 1 atom stereocenters. The fourth-order valence-electron chi connectivity index (χ4n) is 2.53. The van der Waals surface area contributed by atoms with Crippen LogP contribution in [0.15, 0.2) is 11.4 Å². The molecule has 1 fully saturated rings. The summed E-state index contributed by atoms with van der Waals surface area (Å²) >= 11 is 1.68. The van der Waals surface area contributed by atoms with Crippen LogP contribution >= 0.6 is 11.3 Å². The number of nitrogens with zero attached hydrogens (tertiary/aromatic N) is 3. The number of fused-ring (bicyclic) bond motifs is 1. The number of hydrogen-bond acceptors (Lipinski definition) is 5. The number of rotatable bonds is 3. The van der Waals surface area contributed by atoms with Crippen LogP contribution in [0.1, 0.15) is 19.2 Å². The van der Waals surface area contributed by atoms with E-state index in [4.69, 9.17) is 0 Å². The lowest BCUT2D eigenvalue weighted by molar-refractivity contribution is 0.312. The first-order valence-electron chi connectivity index (χ1n) is 6.40. The first-order chi connectivity index (χ1) is 8.76. The van der Waals surface area contributed by atoms with Gasteiger partial charge in [-0.05, 0) is 30.3 Å². The average molecular weight is 262 g/mol. The number of nitrogens with one attached hydrogen (secondary N) is 1. The van der Waals surface area contributed by atoms with Gasteiger partial charge in [0.05, 0.1) is 11.9 Å². The third kappa shape index (κ3) is 2.20. The van der Waals surface area contributed by atoms with Crippen molar-refractivity contribution in [2.45, 2.75) is 19.9 Å². The maximum Gasteiger partial charge on any atom is 0.146 e. The molecule has 1 saturated heterocycles. The van der Waals surface area contributed by atoms with Gasteiger partial charge in [-0.1, -0.05) is 6.92 Å². The Morgan fingerprint density at radius 1 is 1.50 bits per heavy atom. The minimum atomic E-state index is 0.805. The van der Waals surface area contributed by atoms with Crippen molar-refractivity contribution in [3.63, 3.8) is 0 Å². The van der Waals surface area contributed by atoms with Crippen LogP contribution in [0, 0.1) is 5.92 Å². The normalized spacial score (nSPS) is 20.7. The highest BCUT2D eigenvalue weighted by atomic mass is 32.1. The molecule has 3 rings (SSSR count). The molecule has 2 aromatic heterocycles. The molecule has 1 aliphatic rings. The minimum absolute atomic E-state index is 0.805. The molecule has 5 heteroatoms. The van der Waals surface area contributed by atoms with Gasteiger partial charge in [0.2, 0.25) is 0 Å². The van der Waals surface area contributed by atoms with Crippen LogP contribution in [0.4, 0.5) is 5.82 Å². The van der Waals surface area contributed by atoms with Crippen molar-refractivity contribution in [3.05, 3.63) is 17.3 Å². The minimum Gasteiger partial charge on any atom is -0.372 e. The zero-order valence-corrected chi connectivity index (χ0v) is 11.6. The largest absolute Gasteiger partial charge is 0.372 e. The average Bonchev–Trinajstić information content (AvgIpc) is 2.97. The lowest BCUT2D eigenvalue weighted by atomic mass is 10.2. The smallest absolute Gasteiger partial charge is 0.146 e. The van der Waals surface area contributed by atoms with Crippen LogP contribution in [0.25, 0.3) is 10.2 Å². The van der Waals surface area contributed by atoms with E-state index in [0.29, 0.717) is 0 Å². The van der Waals surface area contributed by atoms with Crippen LogP contribution < -0.4 is 5.32 Å². The molecular formula is C13H18N4S. The highest BCUT2D eigenvalue weighted by Crippen LogP contribution is 2.25. The second-order valence-corrected chi connectivity index (χ2v) is 5.90. The van der Waals surface area contributed by atoms with Crippen molar-refractivity contribution in [2.75, 3.05) is 25.5 Å². The van der Waals surface area contributed by atoms with Crippen molar-refractivity contribution in [3.8, 4) is 0 Å². The fourth-order valence-corrected chi connectivity index (χ4v) is 3.31. The summed E-state index contributed by atoms with van der Waals surface area (Å²) in [6, 6.07) is 2.08. The van der Waals surface area contributed by atoms with E-state index in [1.54, 1.807) is 11.3 Å². The molecule has 0 aliphatic carbocycles. The summed E-state index contributed by atoms with van der Waals surface area (Å²) in [6.07, 6.45) is 1.29. The molecule has 0 spiro atoms. The summed E-state index contributed by atoms with van der Waals surface area (Å²) in [5.74, 6) is 2.69. The zero-order valence-electron chi connectivity index (χ0n) is 10.8. The van der Waals surface area contributed by atoms with E-state index in [1.807, 2.05) is 7.05 Å². The van der Waals surface area contributed by atoms with Gasteiger partial charge >= 0.3 is 0 Å². The number of likely N-dealkylation sites (tertiary alicyclic amines) is 1. The predicted octanol–water partition coefficient (Wildman–Crippen LogP) is 2.57. The summed E-state index contributed by atoms with van der Waals surface area (Å²) in [7, 11) is 1.92. The van der Waals surface area contributed by atoms with Crippen LogP contribution in [-0.2, 0) is 6.54 Å². The summed E-state index contributed by atoms with van der Waals surface area (Å²) in [5, 5.41) is 6.36. The van der Waals surface area contributed by atoms with Gasteiger partial charge in [0.15, 0.2) is 0 Å². The molecule has 96 valence electrons. The van der Waals surface area contributed by atoms with Gasteiger partial charge < -0.3 is 5.32 Å². The SMILES string of the molecule is CNc1nc(CN2CCC(C)C2)nc2sccc12. The zero-order chi connectivity index (χ0) is 12.5. The van der Waals surface area contributed by atoms with Crippen LogP contribution in [0.3, 0.4) is 0 Å². The van der Waals surface area contributed by atoms with E-state index in [0.717, 1.165) is 34.3 Å². The van der Waals surface area contributed by atoms with Crippen molar-refractivity contribution >= 4 is 27.4 Å². The Morgan fingerprint density at radius 2 is 2.39 bits per heavy atom. The van der Waals surface area contributed by atoms with E-state index in [-0.39, 0.29) is 0 Å². The molecule has 0 amide bonds. The Labute approximate surface area is 111 Å². The van der Waals surface area contributed by atoms with Gasteiger partial charge in [-0.15, -0.1) is 11.3 Å². The molecule has 0 aromatic carbocycles. The molecule has 0 bridgehead atoms. The first-order valence-corrected chi connectivity index (χ1v) is 7.28. The Bertz CT molecular complexity index is 551. The Morgan fingerprint density at radius 3 is 3.11 bits per heavy atom. The summed E-state index contributed by atoms with van der Waals surface area (Å²) in [4.78, 5) is 12.8. The summed E-state index contributed by atoms with van der Waals surface area (Å²) in [6.45, 7) is 5.51. The molecule has 2 aromatic rings. The van der Waals surface area contributed by atoms with E-state index in [2.05, 4.69) is 38.6 Å². The van der Waals surface area contributed by atoms with Crippen molar-refractivity contribution in [1.82, 2.24) is 14.9 Å². The first kappa shape index (κ1) is 11.9. The van der Waals surface area contributed by atoms with Crippen molar-refractivity contribution in [1.29, 1.82) is 0 Å². The topological polar surface area (TPSA) is 41.1 Å². The lowest BCUT2D eigenvalue weighted by Gasteiger charge is -2.14. The van der Waals surface area contributed by atoms with Crippen LogP contribution in [0.5, 0.6) is 0 Å². The monoisotopic (exact) mass is 262 g/mol. The predicted molar refractivity (Wildman–Crippen MR) is 76.0 cm³/mol. The van der Waals surface area contributed by atoms with E-state index < -0.39 is 0 Å². The van der Waals surface area contributed by atoms with Crippen molar-refractivity contribution < 1.29 is 0 Å². The summed E-state index contributed by atoms with van der Waals surface area (Å²) < 4.78 is 0. The molecule has 4 nitrogen and oxygen atoms in total. The van der Waals surface area contributed by atoms with Gasteiger partial charge in [-0.2, -0.15) is 0 Å². The second kappa shape index (κ2) is 4.82. The third-order valence-electron chi connectivity index (χ3n) is 3.48. The molecule has 1 unspecified atom stereocenters. The van der Waals surface area contributed by atoms with Gasteiger partial charge in [0.25, 0.3) is 0 Å². The quantitative estimate of drug-likeness (QED) is 0.923. The fraction of sp³-hybridized carbons (Fsp3) is 0.538. The van der Waals surface area contributed by atoms with Gasteiger partial charge in [-0.25, -0.2) is 9.97 Å². The molecule has 0 saturated carbocycles. The molecular weight excluding hydrogens is 244 g/mol. The van der Waals surface area contributed by atoms with Gasteiger partial charge in [-0.3, -0.25) is 4.90 Å². The Kier molecular flexibility index (Phi) is 3.18. The Balaban J connectivity index is 1.87. The number of aromatic nitrogens is 2. The second-order valence-electron chi connectivity index (χ2n) is 5.01. The van der Waals surface area contributed by atoms with Gasteiger partial charge in [0.1, 0.15) is 16.5 Å². The van der Waals surface area contributed by atoms with Crippen LogP contribution in [0.2, 0.25) is 0 Å². The highest BCUT2D eigenvalue weighted by Gasteiger charge is 2.20.